The number of hydrogen-bond acceptors (Lipinski definition) is 8. The SMILES string of the molecule is CCCCCCCCCCCCOC(=O)/C=C\C(=O)[O-].CCCCCCCCCCCCOC(=O)/C=C\C(=O)[O-].CCCCCCC[CH2][Sn+2][CH2]CCCCCCC. The molecule has 0 aliphatic heterocycles. The predicted molar refractivity (Wildman–Crippen MR) is 236 cm³/mol. The van der Waals surface area contributed by atoms with E-state index in [4.69, 9.17) is 9.47 Å². The summed E-state index contributed by atoms with van der Waals surface area (Å²) in [5, 5.41) is 20.1. The number of carboxylic acids is 2. The number of carbonyl (C=O) groups excluding carboxylic acids is 4. The monoisotopic (exact) mass is 913 g/mol. The van der Waals surface area contributed by atoms with Crippen molar-refractivity contribution >= 4 is 45.0 Å². The quantitative estimate of drug-likeness (QED) is 0.0257. The van der Waals surface area contributed by atoms with Gasteiger partial charge in [0.25, 0.3) is 0 Å². The van der Waals surface area contributed by atoms with E-state index in [0.29, 0.717) is 25.4 Å². The van der Waals surface area contributed by atoms with Gasteiger partial charge in [-0.05, 0) is 25.0 Å². The third-order valence-electron chi connectivity index (χ3n) is 9.61. The fraction of sp³-hybridized carbons (Fsp3) is 0.833. The summed E-state index contributed by atoms with van der Waals surface area (Å²) in [6.45, 7) is 9.76. The zero-order valence-electron chi connectivity index (χ0n) is 37.5. The fourth-order valence-corrected chi connectivity index (χ4v) is 9.65. The molecule has 9 heteroatoms. The van der Waals surface area contributed by atoms with E-state index in [1.807, 2.05) is 0 Å². The van der Waals surface area contributed by atoms with E-state index in [-0.39, 0.29) is 21.1 Å². The van der Waals surface area contributed by atoms with E-state index in [0.717, 1.165) is 37.8 Å². The van der Waals surface area contributed by atoms with Crippen molar-refractivity contribution in [1.82, 2.24) is 0 Å². The van der Waals surface area contributed by atoms with E-state index < -0.39 is 23.9 Å². The van der Waals surface area contributed by atoms with Gasteiger partial charge in [-0.1, -0.05) is 129 Å². The summed E-state index contributed by atoms with van der Waals surface area (Å²) < 4.78 is 13.0. The molecule has 0 saturated carbocycles. The molecule has 0 unspecified atom stereocenters. The second-order valence-corrected chi connectivity index (χ2v) is 19.6. The zero-order valence-corrected chi connectivity index (χ0v) is 40.4. The summed E-state index contributed by atoms with van der Waals surface area (Å²) in [5.41, 5.74) is 0. The van der Waals surface area contributed by atoms with Gasteiger partial charge in [0.2, 0.25) is 0 Å². The molecule has 0 aromatic rings. The van der Waals surface area contributed by atoms with Gasteiger partial charge >= 0.3 is 133 Å². The number of carboxylic acid groups (broad SMARTS) is 2. The molecule has 332 valence electrons. The maximum absolute atomic E-state index is 11.0. The Morgan fingerprint density at radius 2 is 0.579 bits per heavy atom. The first-order valence-corrected chi connectivity index (χ1v) is 27.6. The summed E-state index contributed by atoms with van der Waals surface area (Å²) in [5.74, 6) is -4.02. The summed E-state index contributed by atoms with van der Waals surface area (Å²) in [7, 11) is 0. The molecule has 0 spiro atoms. The van der Waals surface area contributed by atoms with Crippen molar-refractivity contribution in [3.63, 3.8) is 0 Å². The van der Waals surface area contributed by atoms with Crippen LogP contribution in [0.3, 0.4) is 0 Å². The normalized spacial score (nSPS) is 10.7. The Morgan fingerprint density at radius 3 is 0.825 bits per heavy atom. The van der Waals surface area contributed by atoms with E-state index >= 15 is 0 Å². The molecule has 0 aliphatic carbocycles. The van der Waals surface area contributed by atoms with Gasteiger partial charge in [0.05, 0.1) is 25.2 Å². The minimum absolute atomic E-state index is 0.0736. The Balaban J connectivity index is -0.000000771. The number of ether oxygens (including phenoxy) is 2. The van der Waals surface area contributed by atoms with Crippen LogP contribution in [-0.2, 0) is 28.7 Å². The number of carbonyl (C=O) groups is 4. The number of unbranched alkanes of at least 4 members (excludes halogenated alkanes) is 28. The van der Waals surface area contributed by atoms with Crippen LogP contribution in [0.2, 0.25) is 8.87 Å². The van der Waals surface area contributed by atoms with Gasteiger partial charge < -0.3 is 29.3 Å². The molecule has 0 heterocycles. The van der Waals surface area contributed by atoms with E-state index in [1.165, 1.54) is 167 Å². The van der Waals surface area contributed by atoms with Gasteiger partial charge in [-0.25, -0.2) is 9.59 Å². The van der Waals surface area contributed by atoms with E-state index in [2.05, 4.69) is 27.7 Å². The molecule has 0 aromatic carbocycles. The van der Waals surface area contributed by atoms with E-state index in [9.17, 15) is 29.4 Å². The van der Waals surface area contributed by atoms with E-state index in [1.54, 1.807) is 21.7 Å². The number of hydrogen-bond donors (Lipinski definition) is 0. The third kappa shape index (κ3) is 63.5. The average Bonchev–Trinajstić information content (AvgIpc) is 3.19. The minimum atomic E-state index is -1.39. The summed E-state index contributed by atoms with van der Waals surface area (Å²) in [6.07, 6.45) is 45.4. The van der Waals surface area contributed by atoms with Crippen LogP contribution in [0.25, 0.3) is 0 Å². The molecule has 0 fully saturated rings. The summed E-state index contributed by atoms with van der Waals surface area (Å²) >= 11 is 0.0736. The number of rotatable bonds is 40. The molecular weight excluding hydrogens is 823 g/mol. The van der Waals surface area contributed by atoms with Crippen LogP contribution < -0.4 is 10.2 Å². The number of esters is 2. The van der Waals surface area contributed by atoms with Gasteiger partial charge in [-0.2, -0.15) is 0 Å². The molecule has 0 N–H and O–H groups in total. The van der Waals surface area contributed by atoms with Crippen molar-refractivity contribution in [2.75, 3.05) is 13.2 Å². The van der Waals surface area contributed by atoms with Crippen LogP contribution in [0.15, 0.2) is 24.3 Å². The van der Waals surface area contributed by atoms with Gasteiger partial charge in [0, 0.05) is 12.2 Å². The molecule has 57 heavy (non-hydrogen) atoms. The van der Waals surface area contributed by atoms with Crippen LogP contribution >= 0.6 is 0 Å². The van der Waals surface area contributed by atoms with Crippen LogP contribution in [0.5, 0.6) is 0 Å². The Labute approximate surface area is 361 Å². The third-order valence-corrected chi connectivity index (χ3v) is 13.6. The summed E-state index contributed by atoms with van der Waals surface area (Å²) in [6, 6.07) is 0. The van der Waals surface area contributed by atoms with Crippen molar-refractivity contribution < 1.29 is 38.9 Å². The Kier molecular flexibility index (Phi) is 56.5. The predicted octanol–water partition coefficient (Wildman–Crippen LogP) is 11.8. The molecular formula is C48H88O8Sn. The molecule has 0 bridgehead atoms. The second-order valence-electron chi connectivity index (χ2n) is 15.3. The molecule has 0 aromatic heterocycles. The second kappa shape index (κ2) is 54.2. The molecule has 0 atom stereocenters. The average molecular weight is 912 g/mol. The Morgan fingerprint density at radius 1 is 0.351 bits per heavy atom. The number of aliphatic carboxylic acids is 2. The first-order valence-electron chi connectivity index (χ1n) is 23.6. The Bertz CT molecular complexity index is 848. The van der Waals surface area contributed by atoms with Crippen molar-refractivity contribution in [3.05, 3.63) is 24.3 Å². The molecule has 0 saturated heterocycles. The van der Waals surface area contributed by atoms with Crippen molar-refractivity contribution in [1.29, 1.82) is 0 Å². The molecule has 8 nitrogen and oxygen atoms in total. The van der Waals surface area contributed by atoms with Crippen LogP contribution in [0.4, 0.5) is 0 Å². The molecule has 0 rings (SSSR count). The van der Waals surface area contributed by atoms with Gasteiger partial charge in [0.15, 0.2) is 0 Å². The van der Waals surface area contributed by atoms with Crippen LogP contribution in [-0.4, -0.2) is 58.2 Å². The van der Waals surface area contributed by atoms with Crippen molar-refractivity contribution in [2.45, 2.75) is 242 Å². The topological polar surface area (TPSA) is 133 Å². The maximum atomic E-state index is 11.0. The first-order chi connectivity index (χ1) is 27.7. The molecule has 0 aliphatic rings. The van der Waals surface area contributed by atoms with Gasteiger partial charge in [-0.15, -0.1) is 0 Å². The summed E-state index contributed by atoms with van der Waals surface area (Å²) in [4.78, 5) is 42.1. The van der Waals surface area contributed by atoms with Gasteiger partial charge in [0.1, 0.15) is 0 Å². The van der Waals surface area contributed by atoms with Crippen molar-refractivity contribution in [2.24, 2.45) is 0 Å². The fourth-order valence-electron chi connectivity index (χ4n) is 6.08. The van der Waals surface area contributed by atoms with Crippen LogP contribution in [0, 0.1) is 0 Å². The standard InChI is InChI=1S/2C16H28O4.2C8H17.Sn/c2*1-2-3-4-5-6-7-8-9-10-11-14-20-16(19)13-12-15(17)18;2*1-3-5-7-8-6-4-2;/h2*12-13H,2-11,14H2,1H3,(H,17,18);2*1,3-8H2,2H3;/q;;;;+2/p-2/b2*13-12-;;;. The van der Waals surface area contributed by atoms with Gasteiger partial charge in [-0.3, -0.25) is 0 Å². The zero-order chi connectivity index (χ0) is 42.7. The van der Waals surface area contributed by atoms with Crippen molar-refractivity contribution in [3.8, 4) is 0 Å². The van der Waals surface area contributed by atoms with Crippen LogP contribution in [0.1, 0.15) is 233 Å². The Hall–Kier alpha value is -1.84. The first kappa shape index (κ1) is 59.5. The molecule has 0 radical (unpaired) electrons. The molecule has 0 amide bonds.